The molecule has 0 unspecified atom stereocenters. The summed E-state index contributed by atoms with van der Waals surface area (Å²) in [6, 6.07) is 8.65. The van der Waals surface area contributed by atoms with Crippen LogP contribution in [0.4, 0.5) is 4.79 Å². The van der Waals surface area contributed by atoms with Gasteiger partial charge in [-0.15, -0.1) is 0 Å². The molecule has 6 heteroatoms. The van der Waals surface area contributed by atoms with Gasteiger partial charge in [0, 0.05) is 20.0 Å². The first-order valence-electron chi connectivity index (χ1n) is 6.99. The van der Waals surface area contributed by atoms with Gasteiger partial charge in [0.15, 0.2) is 0 Å². The molecule has 1 atom stereocenters. The standard InChI is InChI=1S/C15H17N3O3/c1-11(19)16-7-8-17-13(10-16)14(20)18(15(17)21)9-12-5-3-2-4-6-12/h2-6,13H,7-10H2,1H3/t13-/m1/s1. The van der Waals surface area contributed by atoms with E-state index < -0.39 is 6.04 Å². The summed E-state index contributed by atoms with van der Waals surface area (Å²) >= 11 is 0. The molecule has 0 bridgehead atoms. The van der Waals surface area contributed by atoms with E-state index in [1.807, 2.05) is 30.3 Å². The molecule has 0 aliphatic carbocycles. The zero-order chi connectivity index (χ0) is 15.0. The Labute approximate surface area is 122 Å². The van der Waals surface area contributed by atoms with Crippen molar-refractivity contribution in [1.29, 1.82) is 0 Å². The number of carbonyl (C=O) groups is 3. The second kappa shape index (κ2) is 5.20. The van der Waals surface area contributed by atoms with Crippen LogP contribution in [0.25, 0.3) is 0 Å². The van der Waals surface area contributed by atoms with Crippen molar-refractivity contribution in [3.05, 3.63) is 35.9 Å². The minimum atomic E-state index is -0.529. The van der Waals surface area contributed by atoms with E-state index in [2.05, 4.69) is 0 Å². The Balaban J connectivity index is 1.78. The quantitative estimate of drug-likeness (QED) is 0.752. The lowest BCUT2D eigenvalue weighted by molar-refractivity contribution is -0.134. The van der Waals surface area contributed by atoms with Crippen LogP contribution in [0.1, 0.15) is 12.5 Å². The average molecular weight is 287 g/mol. The molecule has 0 spiro atoms. The third kappa shape index (κ3) is 2.37. The zero-order valence-electron chi connectivity index (χ0n) is 11.9. The molecule has 0 N–H and O–H groups in total. The highest BCUT2D eigenvalue weighted by Crippen LogP contribution is 2.23. The predicted octanol–water partition coefficient (Wildman–Crippen LogP) is 0.681. The lowest BCUT2D eigenvalue weighted by atomic mass is 10.1. The molecular weight excluding hydrogens is 270 g/mol. The van der Waals surface area contributed by atoms with Crippen LogP contribution in [0.15, 0.2) is 30.3 Å². The number of hydrogen-bond acceptors (Lipinski definition) is 3. The molecule has 2 aliphatic heterocycles. The van der Waals surface area contributed by atoms with E-state index in [4.69, 9.17) is 0 Å². The molecule has 1 aromatic rings. The van der Waals surface area contributed by atoms with Gasteiger partial charge in [-0.05, 0) is 5.56 Å². The Bertz CT molecular complexity index is 587. The van der Waals surface area contributed by atoms with Crippen LogP contribution in [-0.4, -0.2) is 58.2 Å². The number of nitrogens with zero attached hydrogens (tertiary/aromatic N) is 3. The molecule has 2 saturated heterocycles. The van der Waals surface area contributed by atoms with Crippen molar-refractivity contribution in [1.82, 2.24) is 14.7 Å². The Morgan fingerprint density at radius 2 is 1.90 bits per heavy atom. The molecule has 110 valence electrons. The highest BCUT2D eigenvalue weighted by Gasteiger charge is 2.47. The van der Waals surface area contributed by atoms with Crippen LogP contribution in [0.2, 0.25) is 0 Å². The Morgan fingerprint density at radius 1 is 1.19 bits per heavy atom. The minimum Gasteiger partial charge on any atom is -0.339 e. The number of amides is 4. The average Bonchev–Trinajstić information content (AvgIpc) is 2.73. The molecule has 21 heavy (non-hydrogen) atoms. The summed E-state index contributed by atoms with van der Waals surface area (Å²) in [7, 11) is 0. The summed E-state index contributed by atoms with van der Waals surface area (Å²) in [4.78, 5) is 40.7. The summed E-state index contributed by atoms with van der Waals surface area (Å²) in [6.07, 6.45) is 0. The molecule has 2 fully saturated rings. The summed E-state index contributed by atoms with van der Waals surface area (Å²) in [5, 5.41) is 0. The van der Waals surface area contributed by atoms with Crippen molar-refractivity contribution in [2.24, 2.45) is 0 Å². The van der Waals surface area contributed by atoms with E-state index in [1.54, 1.807) is 9.80 Å². The van der Waals surface area contributed by atoms with Crippen LogP contribution in [0.3, 0.4) is 0 Å². The number of piperazine rings is 1. The van der Waals surface area contributed by atoms with Crippen molar-refractivity contribution >= 4 is 17.8 Å². The van der Waals surface area contributed by atoms with Gasteiger partial charge in [-0.25, -0.2) is 4.79 Å². The number of rotatable bonds is 2. The summed E-state index contributed by atoms with van der Waals surface area (Å²) < 4.78 is 0. The highest BCUT2D eigenvalue weighted by atomic mass is 16.2. The van der Waals surface area contributed by atoms with Crippen molar-refractivity contribution in [3.8, 4) is 0 Å². The Morgan fingerprint density at radius 3 is 2.57 bits per heavy atom. The van der Waals surface area contributed by atoms with Gasteiger partial charge in [-0.3, -0.25) is 14.5 Å². The number of fused-ring (bicyclic) bond motifs is 1. The van der Waals surface area contributed by atoms with Gasteiger partial charge in [0.1, 0.15) is 6.04 Å². The van der Waals surface area contributed by atoms with Gasteiger partial charge in [0.05, 0.1) is 13.1 Å². The molecule has 0 radical (unpaired) electrons. The van der Waals surface area contributed by atoms with Crippen molar-refractivity contribution < 1.29 is 14.4 Å². The molecule has 2 heterocycles. The largest absolute Gasteiger partial charge is 0.339 e. The van der Waals surface area contributed by atoms with E-state index in [0.29, 0.717) is 19.6 Å². The van der Waals surface area contributed by atoms with E-state index in [9.17, 15) is 14.4 Å². The number of benzene rings is 1. The molecule has 0 aromatic heterocycles. The molecular formula is C15H17N3O3. The number of hydrogen-bond donors (Lipinski definition) is 0. The van der Waals surface area contributed by atoms with Gasteiger partial charge in [0.25, 0.3) is 5.91 Å². The molecule has 4 amide bonds. The van der Waals surface area contributed by atoms with Gasteiger partial charge in [-0.2, -0.15) is 0 Å². The van der Waals surface area contributed by atoms with Gasteiger partial charge in [0.2, 0.25) is 5.91 Å². The summed E-state index contributed by atoms with van der Waals surface area (Å²) in [6.45, 7) is 2.97. The molecule has 0 saturated carbocycles. The van der Waals surface area contributed by atoms with Crippen LogP contribution < -0.4 is 0 Å². The van der Waals surface area contributed by atoms with E-state index >= 15 is 0 Å². The van der Waals surface area contributed by atoms with E-state index in [1.165, 1.54) is 11.8 Å². The lowest BCUT2D eigenvalue weighted by Gasteiger charge is -2.34. The number of urea groups is 1. The minimum absolute atomic E-state index is 0.0589. The van der Waals surface area contributed by atoms with Crippen LogP contribution in [0.5, 0.6) is 0 Å². The first-order valence-corrected chi connectivity index (χ1v) is 6.99. The van der Waals surface area contributed by atoms with Crippen molar-refractivity contribution in [2.75, 3.05) is 19.6 Å². The molecule has 3 rings (SSSR count). The summed E-state index contributed by atoms with van der Waals surface area (Å²) in [5.74, 6) is -0.272. The first kappa shape index (κ1) is 13.6. The highest BCUT2D eigenvalue weighted by molar-refractivity contribution is 6.04. The third-order valence-corrected chi connectivity index (χ3v) is 4.04. The fourth-order valence-corrected chi connectivity index (χ4v) is 2.85. The lowest BCUT2D eigenvalue weighted by Crippen LogP contribution is -2.54. The Kier molecular flexibility index (Phi) is 3.37. The topological polar surface area (TPSA) is 60.9 Å². The SMILES string of the molecule is CC(=O)N1CCN2C(=O)N(Cc3ccccc3)C(=O)[C@H]2C1. The zero-order valence-corrected chi connectivity index (χ0v) is 11.9. The fraction of sp³-hybridized carbons (Fsp3) is 0.400. The second-order valence-electron chi connectivity index (χ2n) is 5.37. The first-order chi connectivity index (χ1) is 10.1. The van der Waals surface area contributed by atoms with Gasteiger partial charge < -0.3 is 9.80 Å². The smallest absolute Gasteiger partial charge is 0.327 e. The maximum atomic E-state index is 12.4. The van der Waals surface area contributed by atoms with E-state index in [0.717, 1.165) is 5.56 Å². The number of imide groups is 1. The van der Waals surface area contributed by atoms with Gasteiger partial charge in [-0.1, -0.05) is 30.3 Å². The molecule has 2 aliphatic rings. The third-order valence-electron chi connectivity index (χ3n) is 4.04. The predicted molar refractivity (Wildman–Crippen MR) is 75.1 cm³/mol. The van der Waals surface area contributed by atoms with Gasteiger partial charge >= 0.3 is 6.03 Å². The van der Waals surface area contributed by atoms with Crippen molar-refractivity contribution in [2.45, 2.75) is 19.5 Å². The fourth-order valence-electron chi connectivity index (χ4n) is 2.85. The normalized spacial score (nSPS) is 21.8. The summed E-state index contributed by atoms with van der Waals surface area (Å²) in [5.41, 5.74) is 0.919. The van der Waals surface area contributed by atoms with E-state index in [-0.39, 0.29) is 24.4 Å². The van der Waals surface area contributed by atoms with Crippen LogP contribution in [0, 0.1) is 0 Å². The van der Waals surface area contributed by atoms with Crippen LogP contribution in [-0.2, 0) is 16.1 Å². The maximum absolute atomic E-state index is 12.4. The molecule has 1 aromatic carbocycles. The van der Waals surface area contributed by atoms with Crippen LogP contribution >= 0.6 is 0 Å². The second-order valence-corrected chi connectivity index (χ2v) is 5.37. The number of carbonyl (C=O) groups excluding carboxylic acids is 3. The monoisotopic (exact) mass is 287 g/mol. The Hall–Kier alpha value is -2.37. The van der Waals surface area contributed by atoms with Crippen molar-refractivity contribution in [3.63, 3.8) is 0 Å². The maximum Gasteiger partial charge on any atom is 0.327 e. The molecule has 6 nitrogen and oxygen atoms in total.